The summed E-state index contributed by atoms with van der Waals surface area (Å²) < 4.78 is 7.74. The summed E-state index contributed by atoms with van der Waals surface area (Å²) in [7, 11) is 0. The van der Waals surface area contributed by atoms with Gasteiger partial charge in [0, 0.05) is 49.1 Å². The van der Waals surface area contributed by atoms with Crippen LogP contribution in [0.1, 0.15) is 74.1 Å². The highest BCUT2D eigenvalue weighted by atomic mass is 32.1. The minimum Gasteiger partial charge on any atom is -0.379 e. The first-order chi connectivity index (χ1) is 18.9. The SMILES string of the molecule is CCC(CC)n1c(Cc2cccs2)nc2cc(C(=O)NC(CC(C)C)C(=O)NCCN3CCOCC3)ccc21. The summed E-state index contributed by atoms with van der Waals surface area (Å²) in [6.45, 7) is 13.1. The zero-order valence-electron chi connectivity index (χ0n) is 23.7. The molecule has 212 valence electrons. The average molecular weight is 554 g/mol. The summed E-state index contributed by atoms with van der Waals surface area (Å²) in [4.78, 5) is 35.0. The summed E-state index contributed by atoms with van der Waals surface area (Å²) in [6, 6.07) is 9.70. The molecule has 1 aromatic carbocycles. The molecule has 2 amide bonds. The first-order valence-electron chi connectivity index (χ1n) is 14.3. The number of nitrogens with zero attached hydrogens (tertiary/aromatic N) is 3. The van der Waals surface area contributed by atoms with Gasteiger partial charge in [-0.3, -0.25) is 14.5 Å². The van der Waals surface area contributed by atoms with Crippen molar-refractivity contribution in [2.75, 3.05) is 39.4 Å². The molecule has 1 saturated heterocycles. The van der Waals surface area contributed by atoms with Crippen LogP contribution in [0.2, 0.25) is 0 Å². The van der Waals surface area contributed by atoms with E-state index < -0.39 is 6.04 Å². The third kappa shape index (κ3) is 7.68. The minimum absolute atomic E-state index is 0.136. The molecule has 4 rings (SSSR count). The van der Waals surface area contributed by atoms with Gasteiger partial charge in [0.2, 0.25) is 5.91 Å². The van der Waals surface area contributed by atoms with Gasteiger partial charge in [-0.15, -0.1) is 11.3 Å². The first kappa shape index (κ1) is 29.2. The number of carbonyl (C=O) groups excluding carboxylic acids is 2. The van der Waals surface area contributed by atoms with E-state index in [1.54, 1.807) is 11.3 Å². The van der Waals surface area contributed by atoms with E-state index in [2.05, 4.69) is 65.3 Å². The quantitative estimate of drug-likeness (QED) is 0.322. The molecule has 0 aliphatic carbocycles. The maximum absolute atomic E-state index is 13.4. The zero-order valence-corrected chi connectivity index (χ0v) is 24.6. The van der Waals surface area contributed by atoms with Gasteiger partial charge in [0.05, 0.1) is 24.2 Å². The van der Waals surface area contributed by atoms with Crippen LogP contribution in [0.25, 0.3) is 11.0 Å². The number of carbonyl (C=O) groups is 2. The lowest BCUT2D eigenvalue weighted by Gasteiger charge is -2.27. The van der Waals surface area contributed by atoms with Gasteiger partial charge >= 0.3 is 0 Å². The largest absolute Gasteiger partial charge is 0.379 e. The smallest absolute Gasteiger partial charge is 0.252 e. The molecule has 0 spiro atoms. The predicted octanol–water partition coefficient (Wildman–Crippen LogP) is 4.64. The second-order valence-corrected chi connectivity index (χ2v) is 11.8. The second kappa shape index (κ2) is 14.1. The fourth-order valence-corrected chi connectivity index (χ4v) is 5.98. The van der Waals surface area contributed by atoms with E-state index in [0.717, 1.165) is 69.0 Å². The third-order valence-electron chi connectivity index (χ3n) is 7.40. The van der Waals surface area contributed by atoms with E-state index in [1.807, 2.05) is 18.2 Å². The van der Waals surface area contributed by atoms with Crippen molar-refractivity contribution < 1.29 is 14.3 Å². The number of benzene rings is 1. The van der Waals surface area contributed by atoms with Crippen LogP contribution in [-0.4, -0.2) is 71.7 Å². The van der Waals surface area contributed by atoms with E-state index in [9.17, 15) is 9.59 Å². The normalized spacial score (nSPS) is 15.2. The molecule has 3 aromatic rings. The Kier molecular flexibility index (Phi) is 10.5. The number of hydrogen-bond acceptors (Lipinski definition) is 6. The molecule has 39 heavy (non-hydrogen) atoms. The van der Waals surface area contributed by atoms with Gasteiger partial charge in [-0.2, -0.15) is 0 Å². The van der Waals surface area contributed by atoms with Crippen molar-refractivity contribution in [3.8, 4) is 0 Å². The zero-order chi connectivity index (χ0) is 27.8. The van der Waals surface area contributed by atoms with Crippen LogP contribution in [0, 0.1) is 5.92 Å². The highest BCUT2D eigenvalue weighted by molar-refractivity contribution is 7.09. The molecule has 1 fully saturated rings. The van der Waals surface area contributed by atoms with Crippen LogP contribution in [0.15, 0.2) is 35.7 Å². The second-order valence-electron chi connectivity index (χ2n) is 10.7. The Morgan fingerprint density at radius 1 is 1.13 bits per heavy atom. The molecule has 1 aliphatic rings. The van der Waals surface area contributed by atoms with E-state index in [4.69, 9.17) is 9.72 Å². The van der Waals surface area contributed by atoms with Crippen molar-refractivity contribution >= 4 is 34.2 Å². The monoisotopic (exact) mass is 553 g/mol. The highest BCUT2D eigenvalue weighted by Crippen LogP contribution is 2.28. The molecule has 1 aliphatic heterocycles. The number of fused-ring (bicyclic) bond motifs is 1. The predicted molar refractivity (Wildman–Crippen MR) is 157 cm³/mol. The van der Waals surface area contributed by atoms with Gasteiger partial charge in [-0.1, -0.05) is 33.8 Å². The Morgan fingerprint density at radius 2 is 1.90 bits per heavy atom. The first-order valence-corrected chi connectivity index (χ1v) is 15.2. The Balaban J connectivity index is 1.49. The van der Waals surface area contributed by atoms with Gasteiger partial charge in [-0.05, 0) is 54.8 Å². The van der Waals surface area contributed by atoms with Crippen molar-refractivity contribution in [3.05, 3.63) is 52.0 Å². The molecular formula is C30H43N5O3S. The molecule has 1 unspecified atom stereocenters. The number of thiophene rings is 1. The summed E-state index contributed by atoms with van der Waals surface area (Å²) in [6.07, 6.45) is 3.37. The van der Waals surface area contributed by atoms with Crippen molar-refractivity contribution in [1.29, 1.82) is 0 Å². The van der Waals surface area contributed by atoms with Gasteiger partial charge in [0.15, 0.2) is 0 Å². The van der Waals surface area contributed by atoms with Crippen LogP contribution in [0.3, 0.4) is 0 Å². The van der Waals surface area contributed by atoms with Crippen LogP contribution in [0.4, 0.5) is 0 Å². The van der Waals surface area contributed by atoms with Crippen LogP contribution < -0.4 is 10.6 Å². The van der Waals surface area contributed by atoms with E-state index in [-0.39, 0.29) is 17.7 Å². The van der Waals surface area contributed by atoms with Crippen molar-refractivity contribution in [2.24, 2.45) is 5.92 Å². The number of aromatic nitrogens is 2. The lowest BCUT2D eigenvalue weighted by molar-refractivity contribution is -0.123. The molecule has 2 aromatic heterocycles. The van der Waals surface area contributed by atoms with Crippen LogP contribution in [-0.2, 0) is 16.0 Å². The number of nitrogens with one attached hydrogen (secondary N) is 2. The third-order valence-corrected chi connectivity index (χ3v) is 8.28. The lowest BCUT2D eigenvalue weighted by Crippen LogP contribution is -2.49. The molecule has 3 heterocycles. The van der Waals surface area contributed by atoms with E-state index >= 15 is 0 Å². The molecule has 0 saturated carbocycles. The molecular weight excluding hydrogens is 510 g/mol. The number of hydrogen-bond donors (Lipinski definition) is 2. The molecule has 1 atom stereocenters. The highest BCUT2D eigenvalue weighted by Gasteiger charge is 2.24. The van der Waals surface area contributed by atoms with Gasteiger partial charge < -0.3 is 19.9 Å². The minimum atomic E-state index is -0.589. The Bertz CT molecular complexity index is 1210. The van der Waals surface area contributed by atoms with Crippen LogP contribution in [0.5, 0.6) is 0 Å². The molecule has 8 nitrogen and oxygen atoms in total. The molecule has 0 radical (unpaired) electrons. The number of rotatable bonds is 13. The van der Waals surface area contributed by atoms with Gasteiger partial charge in [0.25, 0.3) is 5.91 Å². The van der Waals surface area contributed by atoms with Gasteiger partial charge in [0.1, 0.15) is 11.9 Å². The summed E-state index contributed by atoms with van der Waals surface area (Å²) >= 11 is 1.74. The van der Waals surface area contributed by atoms with Crippen molar-refractivity contribution in [2.45, 2.75) is 65.5 Å². The van der Waals surface area contributed by atoms with Crippen molar-refractivity contribution in [3.63, 3.8) is 0 Å². The maximum Gasteiger partial charge on any atom is 0.252 e. The maximum atomic E-state index is 13.4. The van der Waals surface area contributed by atoms with E-state index in [0.29, 0.717) is 24.6 Å². The van der Waals surface area contributed by atoms with Crippen LogP contribution >= 0.6 is 11.3 Å². The summed E-state index contributed by atoms with van der Waals surface area (Å²) in [5, 5.41) is 8.12. The Hall–Kier alpha value is -2.75. The van der Waals surface area contributed by atoms with E-state index in [1.165, 1.54) is 4.88 Å². The standard InChI is InChI=1S/C30H43N5O3S/c1-5-23(6-2)35-27-10-9-22(19-25(27)32-28(35)20-24-8-7-17-39-24)29(36)33-26(18-21(3)4)30(37)31-11-12-34-13-15-38-16-14-34/h7-10,17,19,21,23,26H,5-6,11-16,18,20H2,1-4H3,(H,31,37)(H,33,36). The summed E-state index contributed by atoms with van der Waals surface area (Å²) in [5.41, 5.74) is 2.39. The topological polar surface area (TPSA) is 88.5 Å². The number of morpholine rings is 1. The Labute approximate surface area is 236 Å². The molecule has 9 heteroatoms. The van der Waals surface area contributed by atoms with Gasteiger partial charge in [-0.25, -0.2) is 4.98 Å². The van der Waals surface area contributed by atoms with Crippen molar-refractivity contribution in [1.82, 2.24) is 25.1 Å². The molecule has 0 bridgehead atoms. The Morgan fingerprint density at radius 3 is 2.56 bits per heavy atom. The fraction of sp³-hybridized carbons (Fsp3) is 0.567. The number of amides is 2. The fourth-order valence-electron chi connectivity index (χ4n) is 5.27. The average Bonchev–Trinajstić information content (AvgIpc) is 3.57. The number of imidazole rings is 1. The molecule has 2 N–H and O–H groups in total. The lowest BCUT2D eigenvalue weighted by atomic mass is 10.0. The summed E-state index contributed by atoms with van der Waals surface area (Å²) in [5.74, 6) is 0.903. The number of ether oxygens (including phenoxy) is 1.